The molecule has 0 saturated carbocycles. The fourth-order valence-electron chi connectivity index (χ4n) is 2.69. The van der Waals surface area contributed by atoms with Crippen LogP contribution in [0.2, 0.25) is 0 Å². The van der Waals surface area contributed by atoms with Gasteiger partial charge in [0.05, 0.1) is 6.04 Å². The molecule has 3 atom stereocenters. The lowest BCUT2D eigenvalue weighted by Gasteiger charge is -2.25. The number of nitrogens with zero attached hydrogens (tertiary/aromatic N) is 2. The van der Waals surface area contributed by atoms with E-state index in [1.54, 1.807) is 14.0 Å². The second-order valence-corrected chi connectivity index (χ2v) is 5.84. The fraction of sp³-hybridized carbons (Fsp3) is 0.600. The Kier molecular flexibility index (Phi) is 5.75. The van der Waals surface area contributed by atoms with E-state index in [1.165, 1.54) is 29.7 Å². The Labute approximate surface area is 143 Å². The Morgan fingerprint density at radius 3 is 2.64 bits per heavy atom. The first kappa shape index (κ1) is 18.9. The van der Waals surface area contributed by atoms with Gasteiger partial charge in [-0.05, 0) is 6.92 Å². The third-order valence-corrected chi connectivity index (χ3v) is 3.85. The van der Waals surface area contributed by atoms with Crippen molar-refractivity contribution in [2.24, 2.45) is 0 Å². The minimum Gasteiger partial charge on any atom is -0.463 e. The number of carbonyl (C=O) groups is 2. The maximum atomic E-state index is 12.0. The number of aromatic nitrogens is 2. The van der Waals surface area contributed by atoms with Gasteiger partial charge in [-0.3, -0.25) is 23.9 Å². The van der Waals surface area contributed by atoms with Gasteiger partial charge in [-0.25, -0.2) is 4.79 Å². The number of hydrogen-bond donors (Lipinski definition) is 1. The number of likely N-dealkylation sites (N-methyl/N-ethyl adjacent to an activating group) is 1. The fourth-order valence-corrected chi connectivity index (χ4v) is 2.69. The minimum atomic E-state index is -0.702. The van der Waals surface area contributed by atoms with Crippen molar-refractivity contribution in [1.29, 1.82) is 0 Å². The number of ether oxygens (including phenoxy) is 2. The summed E-state index contributed by atoms with van der Waals surface area (Å²) in [6.45, 7) is 4.05. The number of nitrogens with one attached hydrogen (secondary N) is 1. The molecule has 138 valence electrons. The normalized spacial score (nSPS) is 22.8. The highest BCUT2D eigenvalue weighted by Gasteiger charge is 2.41. The molecule has 10 heteroatoms. The Hall–Kier alpha value is -2.46. The minimum absolute atomic E-state index is 0.0564. The van der Waals surface area contributed by atoms with E-state index in [0.717, 1.165) is 0 Å². The quantitative estimate of drug-likeness (QED) is 0.553. The standard InChI is InChI=1S/C15H21N3O7/c1-8-6-18(15(22)16-14(8)21)13-5-11(17(4)25-10(3)20)12(24-13)7-23-9(2)19/h6,11-13H,5,7H2,1-4H3,(H,16,21,22)/t11-,12+,13+/m0/s1. The number of hydroxylamine groups is 2. The number of aryl methyl sites for hydroxylation is 1. The summed E-state index contributed by atoms with van der Waals surface area (Å²) in [7, 11) is 1.56. The van der Waals surface area contributed by atoms with Crippen molar-refractivity contribution in [3.63, 3.8) is 0 Å². The van der Waals surface area contributed by atoms with Crippen LogP contribution in [0.15, 0.2) is 15.8 Å². The molecule has 0 unspecified atom stereocenters. The van der Waals surface area contributed by atoms with Crippen LogP contribution in [0, 0.1) is 6.92 Å². The SMILES string of the molecule is CC(=O)OC[C@H]1O[C@@H](n2cc(C)c(=O)[nH]c2=O)C[C@@H]1N(C)OC(C)=O. The van der Waals surface area contributed by atoms with Crippen LogP contribution in [0.25, 0.3) is 0 Å². The number of aromatic amines is 1. The molecule has 2 rings (SSSR count). The zero-order valence-electron chi connectivity index (χ0n) is 14.5. The average molecular weight is 355 g/mol. The molecule has 1 aliphatic rings. The summed E-state index contributed by atoms with van der Waals surface area (Å²) in [6.07, 6.45) is 0.383. The second kappa shape index (κ2) is 7.62. The molecule has 0 amide bonds. The van der Waals surface area contributed by atoms with Gasteiger partial charge in [-0.1, -0.05) is 0 Å². The summed E-state index contributed by atoms with van der Waals surface area (Å²) >= 11 is 0. The van der Waals surface area contributed by atoms with Crippen LogP contribution in [-0.2, 0) is 23.9 Å². The molecule has 0 aromatic carbocycles. The van der Waals surface area contributed by atoms with Gasteiger partial charge in [-0.2, -0.15) is 0 Å². The molecule has 1 N–H and O–H groups in total. The van der Waals surface area contributed by atoms with Gasteiger partial charge in [0.25, 0.3) is 5.56 Å². The smallest absolute Gasteiger partial charge is 0.330 e. The first-order chi connectivity index (χ1) is 11.7. The molecule has 1 saturated heterocycles. The summed E-state index contributed by atoms with van der Waals surface area (Å²) < 4.78 is 12.1. The summed E-state index contributed by atoms with van der Waals surface area (Å²) in [4.78, 5) is 53.1. The van der Waals surface area contributed by atoms with E-state index < -0.39 is 41.6 Å². The molecule has 1 aromatic heterocycles. The molecule has 10 nitrogen and oxygen atoms in total. The van der Waals surface area contributed by atoms with Crippen molar-refractivity contribution in [3.05, 3.63) is 32.6 Å². The lowest BCUT2D eigenvalue weighted by atomic mass is 10.1. The van der Waals surface area contributed by atoms with Gasteiger partial charge in [-0.15, -0.1) is 5.06 Å². The third-order valence-electron chi connectivity index (χ3n) is 3.85. The lowest BCUT2D eigenvalue weighted by molar-refractivity contribution is -0.198. The van der Waals surface area contributed by atoms with Crippen molar-refractivity contribution < 1.29 is 23.9 Å². The lowest BCUT2D eigenvalue weighted by Crippen LogP contribution is -2.41. The van der Waals surface area contributed by atoms with Crippen LogP contribution < -0.4 is 11.2 Å². The monoisotopic (exact) mass is 355 g/mol. The first-order valence-corrected chi connectivity index (χ1v) is 7.71. The summed E-state index contributed by atoms with van der Waals surface area (Å²) in [5.41, 5.74) is -0.719. The maximum Gasteiger partial charge on any atom is 0.330 e. The van der Waals surface area contributed by atoms with E-state index in [1.807, 2.05) is 0 Å². The van der Waals surface area contributed by atoms with Crippen molar-refractivity contribution in [2.45, 2.75) is 45.6 Å². The van der Waals surface area contributed by atoms with Crippen molar-refractivity contribution in [2.75, 3.05) is 13.7 Å². The summed E-state index contributed by atoms with van der Waals surface area (Å²) in [5, 5.41) is 1.32. The topological polar surface area (TPSA) is 120 Å². The molecule has 1 fully saturated rings. The number of esters is 1. The van der Waals surface area contributed by atoms with Crippen LogP contribution in [-0.4, -0.2) is 52.4 Å². The molecule has 1 aliphatic heterocycles. The van der Waals surface area contributed by atoms with Crippen molar-refractivity contribution in [1.82, 2.24) is 14.6 Å². The van der Waals surface area contributed by atoms with Gasteiger partial charge in [0.15, 0.2) is 0 Å². The Morgan fingerprint density at radius 1 is 1.36 bits per heavy atom. The number of carbonyl (C=O) groups excluding carboxylic acids is 2. The molecule has 1 aromatic rings. The molecular weight excluding hydrogens is 334 g/mol. The van der Waals surface area contributed by atoms with Crippen LogP contribution in [0.5, 0.6) is 0 Å². The van der Waals surface area contributed by atoms with Crippen LogP contribution in [0.4, 0.5) is 0 Å². The van der Waals surface area contributed by atoms with E-state index in [-0.39, 0.29) is 6.61 Å². The van der Waals surface area contributed by atoms with E-state index >= 15 is 0 Å². The van der Waals surface area contributed by atoms with Gasteiger partial charge >= 0.3 is 17.6 Å². The molecule has 0 spiro atoms. The highest BCUT2D eigenvalue weighted by molar-refractivity contribution is 5.66. The zero-order chi connectivity index (χ0) is 18.7. The highest BCUT2D eigenvalue weighted by atomic mass is 16.7. The Morgan fingerprint density at radius 2 is 2.04 bits per heavy atom. The average Bonchev–Trinajstić information content (AvgIpc) is 2.92. The van der Waals surface area contributed by atoms with Crippen molar-refractivity contribution in [3.8, 4) is 0 Å². The molecular formula is C15H21N3O7. The zero-order valence-corrected chi connectivity index (χ0v) is 14.5. The summed E-state index contributed by atoms with van der Waals surface area (Å²) in [5.74, 6) is -0.979. The largest absolute Gasteiger partial charge is 0.463 e. The van der Waals surface area contributed by atoms with Gasteiger partial charge < -0.3 is 14.3 Å². The molecule has 0 aliphatic carbocycles. The van der Waals surface area contributed by atoms with E-state index in [9.17, 15) is 19.2 Å². The summed E-state index contributed by atoms with van der Waals surface area (Å²) in [6, 6.07) is -0.438. The van der Waals surface area contributed by atoms with Gasteiger partial charge in [0.1, 0.15) is 18.9 Å². The first-order valence-electron chi connectivity index (χ1n) is 7.71. The van der Waals surface area contributed by atoms with Crippen LogP contribution in [0.3, 0.4) is 0 Å². The Bertz CT molecular complexity index is 769. The maximum absolute atomic E-state index is 12.0. The second-order valence-electron chi connectivity index (χ2n) is 5.84. The van der Waals surface area contributed by atoms with Crippen LogP contribution in [0.1, 0.15) is 32.1 Å². The predicted octanol–water partition coefficient (Wildman–Crippen LogP) is -0.526. The molecule has 2 heterocycles. The number of hydrogen-bond acceptors (Lipinski definition) is 8. The van der Waals surface area contributed by atoms with E-state index in [4.69, 9.17) is 14.3 Å². The molecule has 0 radical (unpaired) electrons. The molecule has 25 heavy (non-hydrogen) atoms. The van der Waals surface area contributed by atoms with Gasteiger partial charge in [0, 0.05) is 39.1 Å². The van der Waals surface area contributed by atoms with Gasteiger partial charge in [0.2, 0.25) is 0 Å². The van der Waals surface area contributed by atoms with Crippen molar-refractivity contribution >= 4 is 11.9 Å². The number of H-pyrrole nitrogens is 1. The predicted molar refractivity (Wildman–Crippen MR) is 84.5 cm³/mol. The number of rotatable bonds is 5. The highest BCUT2D eigenvalue weighted by Crippen LogP contribution is 2.31. The van der Waals surface area contributed by atoms with E-state index in [0.29, 0.717) is 12.0 Å². The molecule has 0 bridgehead atoms. The van der Waals surface area contributed by atoms with E-state index in [2.05, 4.69) is 4.98 Å². The third kappa shape index (κ3) is 4.54. The Balaban J connectivity index is 2.26. The van der Waals surface area contributed by atoms with Crippen LogP contribution >= 0.6 is 0 Å².